The van der Waals surface area contributed by atoms with Crippen molar-refractivity contribution in [1.29, 1.82) is 0 Å². The Kier molecular flexibility index (Phi) is 3.86. The topological polar surface area (TPSA) is 39.4 Å². The van der Waals surface area contributed by atoms with Crippen LogP contribution in [0, 0.1) is 0 Å². The molecule has 0 radical (unpaired) electrons. The van der Waals surface area contributed by atoms with Crippen molar-refractivity contribution in [3.63, 3.8) is 0 Å². The van der Waals surface area contributed by atoms with Crippen molar-refractivity contribution in [2.75, 3.05) is 0 Å². The highest BCUT2D eigenvalue weighted by Crippen LogP contribution is 2.35. The Labute approximate surface area is 118 Å². The van der Waals surface area contributed by atoms with Gasteiger partial charge in [0.25, 0.3) is 0 Å². The quantitative estimate of drug-likeness (QED) is 0.786. The molecule has 1 heterocycles. The summed E-state index contributed by atoms with van der Waals surface area (Å²) in [7, 11) is 0. The molecule has 0 spiro atoms. The van der Waals surface area contributed by atoms with E-state index < -0.39 is 0 Å². The van der Waals surface area contributed by atoms with Gasteiger partial charge in [0.05, 0.1) is 17.7 Å². The maximum atomic E-state index is 12.2. The first kappa shape index (κ1) is 13.0. The maximum Gasteiger partial charge on any atom is 0.338 e. The smallest absolute Gasteiger partial charge is 0.338 e. The molecule has 0 N–H and O–H groups in total. The summed E-state index contributed by atoms with van der Waals surface area (Å²) in [6.07, 6.45) is 5.78. The van der Waals surface area contributed by atoms with Crippen LogP contribution in [0.15, 0.2) is 53.1 Å². The van der Waals surface area contributed by atoms with Crippen LogP contribution >= 0.6 is 0 Å². The predicted molar refractivity (Wildman–Crippen MR) is 75.6 cm³/mol. The minimum absolute atomic E-state index is 0.0809. The number of ether oxygens (including phenoxy) is 1. The van der Waals surface area contributed by atoms with Gasteiger partial charge < -0.3 is 9.15 Å². The van der Waals surface area contributed by atoms with Crippen LogP contribution in [0.1, 0.15) is 47.7 Å². The average molecular weight is 270 g/mol. The average Bonchev–Trinajstić information content (AvgIpc) is 3.03. The normalized spacial score (nSPS) is 22.4. The van der Waals surface area contributed by atoms with Crippen molar-refractivity contribution in [2.24, 2.45) is 0 Å². The van der Waals surface area contributed by atoms with Gasteiger partial charge >= 0.3 is 5.97 Å². The van der Waals surface area contributed by atoms with E-state index in [0.717, 1.165) is 31.4 Å². The molecule has 2 atom stereocenters. The lowest BCUT2D eigenvalue weighted by Gasteiger charge is -2.29. The molecule has 1 saturated carbocycles. The summed E-state index contributed by atoms with van der Waals surface area (Å²) in [5.74, 6) is 0.871. The summed E-state index contributed by atoms with van der Waals surface area (Å²) in [5.41, 5.74) is 0.608. The zero-order valence-corrected chi connectivity index (χ0v) is 11.3. The third kappa shape index (κ3) is 2.77. The Hall–Kier alpha value is -2.03. The Bertz CT molecular complexity index is 545. The van der Waals surface area contributed by atoms with E-state index in [4.69, 9.17) is 9.15 Å². The van der Waals surface area contributed by atoms with Crippen LogP contribution in [0.4, 0.5) is 0 Å². The highest BCUT2D eigenvalue weighted by atomic mass is 16.5. The van der Waals surface area contributed by atoms with Gasteiger partial charge in [-0.3, -0.25) is 0 Å². The highest BCUT2D eigenvalue weighted by Gasteiger charge is 2.31. The maximum absolute atomic E-state index is 12.2. The molecule has 3 rings (SSSR count). The Morgan fingerprint density at radius 3 is 2.60 bits per heavy atom. The number of furan rings is 1. The number of hydrogen-bond donors (Lipinski definition) is 0. The van der Waals surface area contributed by atoms with Gasteiger partial charge in [-0.25, -0.2) is 4.79 Å². The van der Waals surface area contributed by atoms with Gasteiger partial charge in [0, 0.05) is 0 Å². The monoisotopic (exact) mass is 270 g/mol. The van der Waals surface area contributed by atoms with Crippen LogP contribution in [-0.4, -0.2) is 12.1 Å². The second-order valence-corrected chi connectivity index (χ2v) is 5.22. The third-order valence-corrected chi connectivity index (χ3v) is 3.88. The molecule has 0 unspecified atom stereocenters. The van der Waals surface area contributed by atoms with Gasteiger partial charge in [-0.1, -0.05) is 24.6 Å². The summed E-state index contributed by atoms with van der Waals surface area (Å²) in [5, 5.41) is 0. The zero-order valence-electron chi connectivity index (χ0n) is 11.3. The van der Waals surface area contributed by atoms with Crippen LogP contribution in [0.5, 0.6) is 0 Å². The Morgan fingerprint density at radius 1 is 1.05 bits per heavy atom. The van der Waals surface area contributed by atoms with E-state index in [1.807, 2.05) is 30.3 Å². The van der Waals surface area contributed by atoms with Crippen molar-refractivity contribution >= 4 is 5.97 Å². The SMILES string of the molecule is O=C(O[C@@H]1CCCC[C@H]1c1ccco1)c1ccccc1. The van der Waals surface area contributed by atoms with Crippen molar-refractivity contribution in [2.45, 2.75) is 37.7 Å². The molecular formula is C17H18O3. The summed E-state index contributed by atoms with van der Waals surface area (Å²) in [6, 6.07) is 13.0. The van der Waals surface area contributed by atoms with Gasteiger partial charge in [0.1, 0.15) is 11.9 Å². The molecule has 20 heavy (non-hydrogen) atoms. The van der Waals surface area contributed by atoms with E-state index in [-0.39, 0.29) is 18.0 Å². The number of carbonyl (C=O) groups is 1. The number of hydrogen-bond acceptors (Lipinski definition) is 3. The predicted octanol–water partition coefficient (Wildman–Crippen LogP) is 4.16. The van der Waals surface area contributed by atoms with Crippen LogP contribution < -0.4 is 0 Å². The van der Waals surface area contributed by atoms with Crippen LogP contribution in [-0.2, 0) is 4.74 Å². The van der Waals surface area contributed by atoms with Gasteiger partial charge in [0.2, 0.25) is 0 Å². The molecular weight excluding hydrogens is 252 g/mol. The molecule has 104 valence electrons. The molecule has 2 aromatic rings. The second-order valence-electron chi connectivity index (χ2n) is 5.22. The first-order valence-corrected chi connectivity index (χ1v) is 7.14. The summed E-state index contributed by atoms with van der Waals surface area (Å²) < 4.78 is 11.2. The first-order chi connectivity index (χ1) is 9.84. The van der Waals surface area contributed by atoms with Crippen molar-refractivity contribution < 1.29 is 13.9 Å². The number of benzene rings is 1. The van der Waals surface area contributed by atoms with Gasteiger partial charge in [-0.15, -0.1) is 0 Å². The van der Waals surface area contributed by atoms with E-state index in [0.29, 0.717) is 5.56 Å². The largest absolute Gasteiger partial charge is 0.469 e. The lowest BCUT2D eigenvalue weighted by Crippen LogP contribution is -2.28. The lowest BCUT2D eigenvalue weighted by molar-refractivity contribution is 0.0118. The fourth-order valence-corrected chi connectivity index (χ4v) is 2.85. The van der Waals surface area contributed by atoms with E-state index >= 15 is 0 Å². The van der Waals surface area contributed by atoms with Gasteiger partial charge in [0.15, 0.2) is 0 Å². The minimum atomic E-state index is -0.242. The summed E-state index contributed by atoms with van der Waals surface area (Å²) in [4.78, 5) is 12.2. The lowest BCUT2D eigenvalue weighted by atomic mass is 9.84. The van der Waals surface area contributed by atoms with E-state index in [1.54, 1.807) is 18.4 Å². The minimum Gasteiger partial charge on any atom is -0.469 e. The molecule has 3 nitrogen and oxygen atoms in total. The molecule has 0 aliphatic heterocycles. The fourth-order valence-electron chi connectivity index (χ4n) is 2.85. The van der Waals surface area contributed by atoms with Crippen molar-refractivity contribution in [3.05, 3.63) is 60.1 Å². The van der Waals surface area contributed by atoms with Crippen LogP contribution in [0.3, 0.4) is 0 Å². The molecule has 1 aliphatic rings. The number of esters is 1. The summed E-state index contributed by atoms with van der Waals surface area (Å²) in [6.45, 7) is 0. The van der Waals surface area contributed by atoms with Crippen molar-refractivity contribution in [1.82, 2.24) is 0 Å². The Morgan fingerprint density at radius 2 is 1.85 bits per heavy atom. The first-order valence-electron chi connectivity index (χ1n) is 7.14. The molecule has 0 amide bonds. The summed E-state index contributed by atoms with van der Waals surface area (Å²) >= 11 is 0. The van der Waals surface area contributed by atoms with Gasteiger partial charge in [-0.05, 0) is 43.5 Å². The molecule has 1 aromatic heterocycles. The number of carbonyl (C=O) groups excluding carboxylic acids is 1. The molecule has 3 heteroatoms. The molecule has 0 saturated heterocycles. The zero-order chi connectivity index (χ0) is 13.8. The molecule has 0 bridgehead atoms. The number of rotatable bonds is 3. The third-order valence-electron chi connectivity index (χ3n) is 3.88. The fraction of sp³-hybridized carbons (Fsp3) is 0.353. The van der Waals surface area contributed by atoms with E-state index in [1.165, 1.54) is 0 Å². The molecule has 1 fully saturated rings. The van der Waals surface area contributed by atoms with E-state index in [9.17, 15) is 4.79 Å². The standard InChI is InChI=1S/C17H18O3/c18-17(13-7-2-1-3-8-13)20-16-10-5-4-9-14(16)15-11-6-12-19-15/h1-3,6-8,11-12,14,16H,4-5,9-10H2/t14-,16+/m0/s1. The van der Waals surface area contributed by atoms with Crippen molar-refractivity contribution in [3.8, 4) is 0 Å². The second kappa shape index (κ2) is 5.95. The Balaban J connectivity index is 1.73. The van der Waals surface area contributed by atoms with Crippen LogP contribution in [0.2, 0.25) is 0 Å². The molecule has 1 aliphatic carbocycles. The van der Waals surface area contributed by atoms with Gasteiger partial charge in [-0.2, -0.15) is 0 Å². The molecule has 1 aromatic carbocycles. The van der Waals surface area contributed by atoms with Crippen LogP contribution in [0.25, 0.3) is 0 Å². The highest BCUT2D eigenvalue weighted by molar-refractivity contribution is 5.89. The van der Waals surface area contributed by atoms with E-state index in [2.05, 4.69) is 0 Å².